The first-order valence-electron chi connectivity index (χ1n) is 9.50. The minimum Gasteiger partial charge on any atom is -0.423 e. The van der Waals surface area contributed by atoms with Crippen LogP contribution >= 0.6 is 23.4 Å². The lowest BCUT2D eigenvalue weighted by Gasteiger charge is -2.05. The Morgan fingerprint density at radius 3 is 2.42 bits per heavy atom. The number of thioether (sulfide) groups is 1. The third kappa shape index (κ3) is 5.46. The highest BCUT2D eigenvalue weighted by atomic mass is 35.5. The van der Waals surface area contributed by atoms with Gasteiger partial charge in [-0.15, -0.1) is 0 Å². The highest BCUT2D eigenvalue weighted by Crippen LogP contribution is 2.31. The van der Waals surface area contributed by atoms with Gasteiger partial charge in [-0.3, -0.25) is 14.9 Å². The Hall–Kier alpha value is -3.95. The van der Waals surface area contributed by atoms with Gasteiger partial charge in [0.2, 0.25) is 0 Å². The number of esters is 1. The molecule has 1 aliphatic rings. The van der Waals surface area contributed by atoms with Crippen molar-refractivity contribution >= 4 is 57.9 Å². The quantitative estimate of drug-likeness (QED) is 0.173. The molecule has 0 radical (unpaired) electrons. The van der Waals surface area contributed by atoms with Crippen LogP contribution in [-0.2, 0) is 4.79 Å². The number of nitro benzene ring substituents is 1. The Morgan fingerprint density at radius 1 is 1.06 bits per heavy atom. The van der Waals surface area contributed by atoms with E-state index in [-0.39, 0.29) is 17.2 Å². The molecule has 0 unspecified atom stereocenters. The number of carbonyl (C=O) groups is 2. The van der Waals surface area contributed by atoms with Crippen molar-refractivity contribution in [2.75, 3.05) is 0 Å². The summed E-state index contributed by atoms with van der Waals surface area (Å²) in [7, 11) is 0. The predicted molar refractivity (Wildman–Crippen MR) is 127 cm³/mol. The molecule has 0 saturated carbocycles. The van der Waals surface area contributed by atoms with E-state index in [1.54, 1.807) is 54.6 Å². The monoisotopic (exact) mass is 479 g/mol. The zero-order valence-corrected chi connectivity index (χ0v) is 18.3. The molecule has 0 bridgehead atoms. The summed E-state index contributed by atoms with van der Waals surface area (Å²) >= 11 is 7.30. The third-order valence-corrected chi connectivity index (χ3v) is 5.66. The largest absolute Gasteiger partial charge is 0.423 e. The number of amides is 1. The van der Waals surface area contributed by atoms with Crippen LogP contribution in [0.5, 0.6) is 5.75 Å². The van der Waals surface area contributed by atoms with Crippen LogP contribution < -0.4 is 10.1 Å². The number of para-hydroxylation sites is 1. The molecule has 3 aromatic rings. The number of nitrogens with one attached hydrogen (secondary N) is 1. The fraction of sp³-hybridized carbons (Fsp3) is 0. The van der Waals surface area contributed by atoms with Gasteiger partial charge < -0.3 is 10.1 Å². The summed E-state index contributed by atoms with van der Waals surface area (Å²) in [5, 5.41) is 14.3. The normalized spacial score (nSPS) is 15.5. The number of rotatable bonds is 5. The first kappa shape index (κ1) is 22.3. The van der Waals surface area contributed by atoms with Crippen LogP contribution in [0.2, 0.25) is 5.02 Å². The molecule has 1 amide bonds. The fourth-order valence-corrected chi connectivity index (χ4v) is 3.81. The summed E-state index contributed by atoms with van der Waals surface area (Å²) in [4.78, 5) is 39.5. The molecule has 3 aromatic carbocycles. The Labute approximate surface area is 197 Å². The second-order valence-corrected chi connectivity index (χ2v) is 8.13. The van der Waals surface area contributed by atoms with E-state index >= 15 is 0 Å². The van der Waals surface area contributed by atoms with Gasteiger partial charge in [0.05, 0.1) is 26.1 Å². The second kappa shape index (κ2) is 9.68. The van der Waals surface area contributed by atoms with Gasteiger partial charge in [-0.05, 0) is 59.8 Å². The van der Waals surface area contributed by atoms with Gasteiger partial charge in [-0.1, -0.05) is 35.9 Å². The van der Waals surface area contributed by atoms with E-state index in [0.717, 1.165) is 5.56 Å². The number of benzene rings is 3. The van der Waals surface area contributed by atoms with Crippen molar-refractivity contribution in [1.29, 1.82) is 0 Å². The summed E-state index contributed by atoms with van der Waals surface area (Å²) < 4.78 is 5.30. The lowest BCUT2D eigenvalue weighted by molar-refractivity contribution is -0.384. The van der Waals surface area contributed by atoms with Crippen LogP contribution in [0.4, 0.5) is 11.4 Å². The molecule has 1 N–H and O–H groups in total. The standard InChI is InChI=1S/C23H14ClN3O5S/c24-18-3-1-2-4-19(18)25-23-26-21(28)20(33-23)13-14-5-11-17(12-6-14)32-22(29)15-7-9-16(10-8-15)27(30)31/h1-13H,(H,25,26,28)/b20-13+. The van der Waals surface area contributed by atoms with Gasteiger partial charge in [0, 0.05) is 12.1 Å². The molecule has 0 aromatic heterocycles. The van der Waals surface area contributed by atoms with Crippen molar-refractivity contribution in [3.63, 3.8) is 0 Å². The lowest BCUT2D eigenvalue weighted by Crippen LogP contribution is -2.19. The Kier molecular flexibility index (Phi) is 6.53. The maximum Gasteiger partial charge on any atom is 0.343 e. The second-order valence-electron chi connectivity index (χ2n) is 6.70. The van der Waals surface area contributed by atoms with Gasteiger partial charge >= 0.3 is 5.97 Å². The number of hydrogen-bond donors (Lipinski definition) is 1. The molecule has 164 valence electrons. The van der Waals surface area contributed by atoms with Crippen LogP contribution in [0.1, 0.15) is 15.9 Å². The number of ether oxygens (including phenoxy) is 1. The summed E-state index contributed by atoms with van der Waals surface area (Å²) in [6.07, 6.45) is 1.69. The number of amidine groups is 1. The summed E-state index contributed by atoms with van der Waals surface area (Å²) in [5.74, 6) is -0.619. The van der Waals surface area contributed by atoms with Gasteiger partial charge in [-0.25, -0.2) is 9.79 Å². The zero-order valence-electron chi connectivity index (χ0n) is 16.7. The summed E-state index contributed by atoms with van der Waals surface area (Å²) in [6, 6.07) is 18.8. The number of nitrogens with zero attached hydrogens (tertiary/aromatic N) is 2. The molecule has 1 aliphatic heterocycles. The topological polar surface area (TPSA) is 111 Å². The number of nitro groups is 1. The number of hydrogen-bond acceptors (Lipinski definition) is 7. The first-order valence-corrected chi connectivity index (χ1v) is 10.7. The van der Waals surface area contributed by atoms with Crippen molar-refractivity contribution in [3.8, 4) is 5.75 Å². The van der Waals surface area contributed by atoms with E-state index in [1.807, 2.05) is 0 Å². The molecule has 0 atom stereocenters. The molecule has 0 aliphatic carbocycles. The number of carbonyl (C=O) groups excluding carboxylic acids is 2. The minimum absolute atomic E-state index is 0.113. The molecular formula is C23H14ClN3O5S. The molecule has 1 saturated heterocycles. The van der Waals surface area contributed by atoms with Crippen LogP contribution in [0.3, 0.4) is 0 Å². The number of aliphatic imine (C=N–C) groups is 1. The van der Waals surface area contributed by atoms with E-state index in [4.69, 9.17) is 16.3 Å². The van der Waals surface area contributed by atoms with E-state index in [9.17, 15) is 19.7 Å². The fourth-order valence-electron chi connectivity index (χ4n) is 2.80. The summed E-state index contributed by atoms with van der Waals surface area (Å²) in [5.41, 5.74) is 1.36. The average molecular weight is 480 g/mol. The van der Waals surface area contributed by atoms with Gasteiger partial charge in [0.15, 0.2) is 5.17 Å². The smallest absolute Gasteiger partial charge is 0.343 e. The molecule has 33 heavy (non-hydrogen) atoms. The Bertz CT molecular complexity index is 1300. The maximum absolute atomic E-state index is 12.3. The summed E-state index contributed by atoms with van der Waals surface area (Å²) in [6.45, 7) is 0. The van der Waals surface area contributed by atoms with Gasteiger partial charge in [0.25, 0.3) is 11.6 Å². The molecule has 0 spiro atoms. The molecule has 4 rings (SSSR count). The Balaban J connectivity index is 1.43. The van der Waals surface area contributed by atoms with Gasteiger partial charge in [-0.2, -0.15) is 0 Å². The van der Waals surface area contributed by atoms with Crippen LogP contribution in [-0.4, -0.2) is 22.0 Å². The lowest BCUT2D eigenvalue weighted by atomic mass is 10.2. The number of halogens is 1. The minimum atomic E-state index is -0.637. The van der Waals surface area contributed by atoms with E-state index in [2.05, 4.69) is 10.3 Å². The highest BCUT2D eigenvalue weighted by molar-refractivity contribution is 8.18. The molecule has 1 fully saturated rings. The Morgan fingerprint density at radius 2 is 1.76 bits per heavy atom. The van der Waals surface area contributed by atoms with Crippen LogP contribution in [0, 0.1) is 10.1 Å². The zero-order chi connectivity index (χ0) is 23.4. The third-order valence-electron chi connectivity index (χ3n) is 4.43. The van der Waals surface area contributed by atoms with Crippen molar-refractivity contribution in [2.45, 2.75) is 0 Å². The van der Waals surface area contributed by atoms with Crippen molar-refractivity contribution in [3.05, 3.63) is 104 Å². The van der Waals surface area contributed by atoms with Crippen molar-refractivity contribution < 1.29 is 19.2 Å². The molecule has 1 heterocycles. The van der Waals surface area contributed by atoms with E-state index < -0.39 is 10.9 Å². The van der Waals surface area contributed by atoms with Gasteiger partial charge in [0.1, 0.15) is 5.75 Å². The number of non-ortho nitro benzene ring substituents is 1. The average Bonchev–Trinajstić information content (AvgIpc) is 3.15. The molecular weight excluding hydrogens is 466 g/mol. The van der Waals surface area contributed by atoms with E-state index in [1.165, 1.54) is 36.0 Å². The molecule has 10 heteroatoms. The van der Waals surface area contributed by atoms with Crippen LogP contribution in [0.25, 0.3) is 6.08 Å². The first-order chi connectivity index (χ1) is 15.9. The van der Waals surface area contributed by atoms with Crippen molar-refractivity contribution in [2.24, 2.45) is 4.99 Å². The SMILES string of the molecule is O=C1NC(=Nc2ccccc2Cl)S/C1=C/c1ccc(OC(=O)c2ccc([N+](=O)[O-])cc2)cc1. The maximum atomic E-state index is 12.3. The van der Waals surface area contributed by atoms with E-state index in [0.29, 0.717) is 26.5 Å². The predicted octanol–water partition coefficient (Wildman–Crippen LogP) is 5.36. The highest BCUT2D eigenvalue weighted by Gasteiger charge is 2.24. The van der Waals surface area contributed by atoms with Crippen LogP contribution in [0.15, 0.2) is 82.7 Å². The molecule has 8 nitrogen and oxygen atoms in total. The van der Waals surface area contributed by atoms with Crippen molar-refractivity contribution in [1.82, 2.24) is 5.32 Å².